The van der Waals surface area contributed by atoms with Gasteiger partial charge in [-0.05, 0) is 36.2 Å². The number of halogens is 2. The summed E-state index contributed by atoms with van der Waals surface area (Å²) in [5.41, 5.74) is 4.18. The molecule has 1 aromatic carbocycles. The molecule has 1 aliphatic rings. The van der Waals surface area contributed by atoms with E-state index in [0.29, 0.717) is 10.5 Å². The first-order valence-corrected chi connectivity index (χ1v) is 6.54. The van der Waals surface area contributed by atoms with Crippen molar-refractivity contribution in [2.75, 3.05) is 0 Å². The molecule has 0 amide bonds. The summed E-state index contributed by atoms with van der Waals surface area (Å²) in [6.45, 7) is 0.846. The van der Waals surface area contributed by atoms with Crippen LogP contribution in [0.25, 0.3) is 22.2 Å². The zero-order valence-electron chi connectivity index (χ0n) is 10.0. The number of rotatable bonds is 0. The van der Waals surface area contributed by atoms with Crippen LogP contribution in [0.1, 0.15) is 5.56 Å². The van der Waals surface area contributed by atoms with Crippen molar-refractivity contribution in [3.8, 4) is 11.3 Å². The molecule has 0 saturated heterocycles. The van der Waals surface area contributed by atoms with E-state index in [9.17, 15) is 4.39 Å². The fraction of sp³-hybridized carbons (Fsp3) is 0.133. The van der Waals surface area contributed by atoms with Crippen molar-refractivity contribution in [3.63, 3.8) is 0 Å². The number of benzene rings is 1. The van der Waals surface area contributed by atoms with Gasteiger partial charge in [0.2, 0.25) is 0 Å². The van der Waals surface area contributed by atoms with Gasteiger partial charge in [0, 0.05) is 29.4 Å². The lowest BCUT2D eigenvalue weighted by Crippen LogP contribution is -2.10. The zero-order chi connectivity index (χ0) is 13.0. The molecule has 0 aliphatic carbocycles. The molecule has 94 valence electrons. The minimum Gasteiger partial charge on any atom is -0.340 e. The second-order valence-electron chi connectivity index (χ2n) is 4.77. The summed E-state index contributed by atoms with van der Waals surface area (Å²) in [5.74, 6) is -0.180. The highest BCUT2D eigenvalue weighted by atomic mass is 35.5. The van der Waals surface area contributed by atoms with E-state index >= 15 is 0 Å². The Morgan fingerprint density at radius 2 is 2.16 bits per heavy atom. The van der Waals surface area contributed by atoms with Gasteiger partial charge in [-0.15, -0.1) is 0 Å². The molecule has 0 N–H and O–H groups in total. The highest BCUT2D eigenvalue weighted by molar-refractivity contribution is 6.29. The molecule has 0 saturated carbocycles. The van der Waals surface area contributed by atoms with Gasteiger partial charge in [-0.1, -0.05) is 17.7 Å². The first kappa shape index (κ1) is 11.0. The molecule has 2 nitrogen and oxygen atoms in total. The van der Waals surface area contributed by atoms with Crippen LogP contribution >= 0.6 is 11.6 Å². The smallest absolute Gasteiger partial charge is 0.132 e. The van der Waals surface area contributed by atoms with Gasteiger partial charge in [0.15, 0.2) is 0 Å². The van der Waals surface area contributed by atoms with Crippen LogP contribution in [-0.4, -0.2) is 9.55 Å². The fourth-order valence-electron chi connectivity index (χ4n) is 2.84. The summed E-state index contributed by atoms with van der Waals surface area (Å²) in [6.07, 6.45) is 2.71. The van der Waals surface area contributed by atoms with E-state index in [1.165, 1.54) is 11.6 Å². The molecule has 0 atom stereocenters. The minimum atomic E-state index is -0.180. The molecular weight excluding hydrogens is 263 g/mol. The third-order valence-electron chi connectivity index (χ3n) is 3.73. The second kappa shape index (κ2) is 3.81. The Morgan fingerprint density at radius 1 is 1.26 bits per heavy atom. The van der Waals surface area contributed by atoms with Crippen molar-refractivity contribution in [3.05, 3.63) is 53.1 Å². The van der Waals surface area contributed by atoms with Gasteiger partial charge in [0.05, 0.1) is 5.52 Å². The van der Waals surface area contributed by atoms with Crippen molar-refractivity contribution in [1.82, 2.24) is 9.55 Å². The molecule has 4 heteroatoms. The van der Waals surface area contributed by atoms with Gasteiger partial charge in [0.25, 0.3) is 0 Å². The van der Waals surface area contributed by atoms with Crippen LogP contribution < -0.4 is 0 Å². The number of aromatic nitrogens is 2. The van der Waals surface area contributed by atoms with E-state index in [4.69, 9.17) is 11.6 Å². The van der Waals surface area contributed by atoms with E-state index in [-0.39, 0.29) is 5.82 Å². The van der Waals surface area contributed by atoms with E-state index in [1.807, 2.05) is 24.4 Å². The lowest BCUT2D eigenvalue weighted by molar-refractivity contribution is 0.639. The first-order valence-electron chi connectivity index (χ1n) is 6.16. The standard InChI is InChI=1S/C15H10ClFN2/c16-15-7-10-9(8-18-15)4-5-19-13-3-1-2-12(17)11(13)6-14(10)19/h1-3,6-8H,4-5H2. The Hall–Kier alpha value is -1.87. The molecule has 0 radical (unpaired) electrons. The maximum absolute atomic E-state index is 13.9. The molecule has 3 aromatic rings. The molecule has 0 fully saturated rings. The quantitative estimate of drug-likeness (QED) is 0.565. The van der Waals surface area contributed by atoms with E-state index < -0.39 is 0 Å². The summed E-state index contributed by atoms with van der Waals surface area (Å²) < 4.78 is 16.0. The monoisotopic (exact) mass is 272 g/mol. The Balaban J connectivity index is 2.09. The van der Waals surface area contributed by atoms with Crippen LogP contribution in [0.5, 0.6) is 0 Å². The summed E-state index contributed by atoms with van der Waals surface area (Å²) in [4.78, 5) is 4.12. The molecule has 0 spiro atoms. The average Bonchev–Trinajstić information content (AvgIpc) is 2.79. The van der Waals surface area contributed by atoms with Gasteiger partial charge in [-0.3, -0.25) is 0 Å². The number of pyridine rings is 1. The van der Waals surface area contributed by atoms with Crippen LogP contribution in [0.4, 0.5) is 4.39 Å². The molecule has 1 aliphatic heterocycles. The van der Waals surface area contributed by atoms with Crippen molar-refractivity contribution >= 4 is 22.5 Å². The van der Waals surface area contributed by atoms with Crippen LogP contribution in [0.2, 0.25) is 5.15 Å². The number of hydrogen-bond acceptors (Lipinski definition) is 1. The topological polar surface area (TPSA) is 17.8 Å². The number of hydrogen-bond donors (Lipinski definition) is 0. The van der Waals surface area contributed by atoms with Crippen molar-refractivity contribution in [2.24, 2.45) is 0 Å². The average molecular weight is 273 g/mol. The molecule has 19 heavy (non-hydrogen) atoms. The van der Waals surface area contributed by atoms with Gasteiger partial charge in [-0.25, -0.2) is 9.37 Å². The number of nitrogens with zero attached hydrogens (tertiary/aromatic N) is 2. The lowest BCUT2D eigenvalue weighted by atomic mass is 10.0. The minimum absolute atomic E-state index is 0.180. The van der Waals surface area contributed by atoms with E-state index in [1.54, 1.807) is 6.07 Å². The second-order valence-corrected chi connectivity index (χ2v) is 5.16. The van der Waals surface area contributed by atoms with Crippen LogP contribution in [-0.2, 0) is 13.0 Å². The molecule has 4 rings (SSSR count). The van der Waals surface area contributed by atoms with Crippen molar-refractivity contribution < 1.29 is 4.39 Å². The summed E-state index contributed by atoms with van der Waals surface area (Å²) in [6, 6.07) is 8.96. The van der Waals surface area contributed by atoms with E-state index in [0.717, 1.165) is 29.7 Å². The van der Waals surface area contributed by atoms with Crippen LogP contribution in [0.15, 0.2) is 36.5 Å². The maximum Gasteiger partial charge on any atom is 0.132 e. The predicted octanol–water partition coefficient (Wildman–Crippen LogP) is 4.05. The highest BCUT2D eigenvalue weighted by Gasteiger charge is 2.20. The van der Waals surface area contributed by atoms with Gasteiger partial charge < -0.3 is 4.57 Å². The largest absolute Gasteiger partial charge is 0.340 e. The Kier molecular flexibility index (Phi) is 2.21. The van der Waals surface area contributed by atoms with Crippen LogP contribution in [0.3, 0.4) is 0 Å². The van der Waals surface area contributed by atoms with Gasteiger partial charge >= 0.3 is 0 Å². The Morgan fingerprint density at radius 3 is 3.05 bits per heavy atom. The van der Waals surface area contributed by atoms with Gasteiger partial charge in [0.1, 0.15) is 11.0 Å². The molecule has 0 bridgehead atoms. The SMILES string of the molecule is Fc1cccc2c1cc1n2CCc2cnc(Cl)cc2-1. The van der Waals surface area contributed by atoms with Gasteiger partial charge in [-0.2, -0.15) is 0 Å². The molecule has 2 aromatic heterocycles. The summed E-state index contributed by atoms with van der Waals surface area (Å²) in [7, 11) is 0. The highest BCUT2D eigenvalue weighted by Crippen LogP contribution is 2.36. The Bertz CT molecular complexity index is 807. The Labute approximate surface area is 114 Å². The molecular formula is C15H10ClFN2. The third kappa shape index (κ3) is 1.51. The fourth-order valence-corrected chi connectivity index (χ4v) is 3.00. The van der Waals surface area contributed by atoms with Crippen molar-refractivity contribution in [2.45, 2.75) is 13.0 Å². The lowest BCUT2D eigenvalue weighted by Gasteiger charge is -2.19. The third-order valence-corrected chi connectivity index (χ3v) is 3.93. The van der Waals surface area contributed by atoms with Crippen LogP contribution in [0, 0.1) is 5.82 Å². The van der Waals surface area contributed by atoms with Crippen molar-refractivity contribution in [1.29, 1.82) is 0 Å². The number of fused-ring (bicyclic) bond motifs is 5. The molecule has 0 unspecified atom stereocenters. The summed E-state index contributed by atoms with van der Waals surface area (Å²) in [5, 5.41) is 1.14. The predicted molar refractivity (Wildman–Crippen MR) is 73.8 cm³/mol. The molecule has 3 heterocycles. The summed E-state index contributed by atoms with van der Waals surface area (Å²) >= 11 is 5.98. The maximum atomic E-state index is 13.9. The normalized spacial score (nSPS) is 13.4. The number of aryl methyl sites for hydroxylation is 2. The van der Waals surface area contributed by atoms with E-state index in [2.05, 4.69) is 9.55 Å². The first-order chi connectivity index (χ1) is 9.24. The zero-order valence-corrected chi connectivity index (χ0v) is 10.8.